The molecule has 3 N–H and O–H groups in total. The third-order valence-corrected chi connectivity index (χ3v) is 4.57. The molecular weight excluding hydrogens is 328 g/mol. The lowest BCUT2D eigenvalue weighted by molar-refractivity contribution is -0.125. The molecule has 6 heteroatoms. The van der Waals surface area contributed by atoms with Crippen LogP contribution in [-0.4, -0.2) is 18.0 Å². The van der Waals surface area contributed by atoms with Gasteiger partial charge in [-0.3, -0.25) is 4.79 Å². The molecule has 0 aliphatic heterocycles. The number of methoxy groups -OCH3 is 1. The number of halogens is 1. The Bertz CT molecular complexity index is 529. The number of anilines is 1. The van der Waals surface area contributed by atoms with Crippen LogP contribution in [0.4, 0.5) is 5.69 Å². The fourth-order valence-corrected chi connectivity index (χ4v) is 2.81. The summed E-state index contributed by atoms with van der Waals surface area (Å²) in [6.07, 6.45) is 2.43. The Labute approximate surface area is 125 Å². The number of benzene rings is 1. The number of rotatable bonds is 4. The molecule has 102 valence electrons. The number of carbonyl (C=O) groups excluding carboxylic acids is 1. The molecule has 1 aromatic rings. The molecule has 0 spiro atoms. The number of nitrogens with one attached hydrogen (secondary N) is 1. The summed E-state index contributed by atoms with van der Waals surface area (Å²) in [5, 5.41) is 2.86. The third kappa shape index (κ3) is 2.60. The van der Waals surface area contributed by atoms with Gasteiger partial charge in [0.2, 0.25) is 5.91 Å². The Hall–Kier alpha value is -1.14. The highest BCUT2D eigenvalue weighted by Crippen LogP contribution is 2.42. The average molecular weight is 343 g/mol. The van der Waals surface area contributed by atoms with Gasteiger partial charge >= 0.3 is 0 Å². The second-order valence-corrected chi connectivity index (χ2v) is 5.90. The number of carbonyl (C=O) groups is 1. The van der Waals surface area contributed by atoms with Crippen LogP contribution in [0.3, 0.4) is 0 Å². The first-order valence-corrected chi connectivity index (χ1v) is 7.14. The van der Waals surface area contributed by atoms with Crippen molar-refractivity contribution in [1.29, 1.82) is 0 Å². The van der Waals surface area contributed by atoms with Crippen molar-refractivity contribution >= 4 is 44.7 Å². The number of hydrogen-bond donors (Lipinski definition) is 2. The van der Waals surface area contributed by atoms with Crippen LogP contribution in [0.15, 0.2) is 22.7 Å². The van der Waals surface area contributed by atoms with Crippen LogP contribution in [0.2, 0.25) is 0 Å². The van der Waals surface area contributed by atoms with Crippen molar-refractivity contribution in [1.82, 2.24) is 0 Å². The van der Waals surface area contributed by atoms with Crippen molar-refractivity contribution in [2.75, 3.05) is 12.4 Å². The molecule has 4 nitrogen and oxygen atoms in total. The van der Waals surface area contributed by atoms with Gasteiger partial charge in [0.05, 0.1) is 22.0 Å². The first kappa shape index (κ1) is 14.3. The first-order valence-electron chi connectivity index (χ1n) is 5.94. The van der Waals surface area contributed by atoms with Gasteiger partial charge in [0, 0.05) is 11.8 Å². The molecule has 2 rings (SSSR count). The number of amides is 1. The van der Waals surface area contributed by atoms with Gasteiger partial charge in [-0.15, -0.1) is 0 Å². The summed E-state index contributed by atoms with van der Waals surface area (Å²) < 4.78 is 6.03. The molecule has 0 unspecified atom stereocenters. The van der Waals surface area contributed by atoms with E-state index in [-0.39, 0.29) is 10.9 Å². The molecule has 19 heavy (non-hydrogen) atoms. The lowest BCUT2D eigenvalue weighted by Crippen LogP contribution is -2.50. The maximum absolute atomic E-state index is 12.3. The monoisotopic (exact) mass is 342 g/mol. The number of hydrogen-bond acceptors (Lipinski definition) is 3. The van der Waals surface area contributed by atoms with E-state index in [4.69, 9.17) is 22.7 Å². The Morgan fingerprint density at radius 3 is 2.68 bits per heavy atom. The zero-order chi connectivity index (χ0) is 14.0. The molecule has 1 amide bonds. The average Bonchev–Trinajstić information content (AvgIpc) is 2.29. The largest absolute Gasteiger partial charge is 0.495 e. The zero-order valence-corrected chi connectivity index (χ0v) is 12.9. The van der Waals surface area contributed by atoms with Gasteiger partial charge in [0.1, 0.15) is 5.75 Å². The Morgan fingerprint density at radius 1 is 1.53 bits per heavy atom. The molecule has 1 aromatic carbocycles. The normalized spacial score (nSPS) is 16.3. The molecule has 1 fully saturated rings. The number of ether oxygens (including phenoxy) is 1. The van der Waals surface area contributed by atoms with E-state index in [0.717, 1.165) is 23.7 Å². The Balaban J connectivity index is 2.17. The fourth-order valence-electron chi connectivity index (χ4n) is 2.10. The molecule has 1 saturated carbocycles. The van der Waals surface area contributed by atoms with E-state index >= 15 is 0 Å². The summed E-state index contributed by atoms with van der Waals surface area (Å²) in [6, 6.07) is 5.38. The van der Waals surface area contributed by atoms with E-state index in [1.165, 1.54) is 0 Å². The highest BCUT2D eigenvalue weighted by atomic mass is 79.9. The van der Waals surface area contributed by atoms with Gasteiger partial charge in [-0.1, -0.05) is 18.6 Å². The van der Waals surface area contributed by atoms with Crippen LogP contribution in [-0.2, 0) is 4.79 Å². The van der Waals surface area contributed by atoms with Crippen LogP contribution in [0.1, 0.15) is 19.3 Å². The van der Waals surface area contributed by atoms with Crippen molar-refractivity contribution in [3.05, 3.63) is 22.7 Å². The number of nitrogens with two attached hydrogens (primary N) is 1. The second-order valence-electron chi connectivity index (χ2n) is 4.60. The van der Waals surface area contributed by atoms with Crippen LogP contribution in [0.5, 0.6) is 5.75 Å². The van der Waals surface area contributed by atoms with Crippen molar-refractivity contribution in [3.63, 3.8) is 0 Å². The van der Waals surface area contributed by atoms with Crippen molar-refractivity contribution < 1.29 is 9.53 Å². The first-order chi connectivity index (χ1) is 8.99. The van der Waals surface area contributed by atoms with E-state index in [1.807, 2.05) is 6.07 Å². The third-order valence-electron chi connectivity index (χ3n) is 3.52. The number of thiocarbonyl (C=S) groups is 1. The highest BCUT2D eigenvalue weighted by molar-refractivity contribution is 9.10. The summed E-state index contributed by atoms with van der Waals surface area (Å²) in [6.45, 7) is 0. The van der Waals surface area contributed by atoms with Crippen molar-refractivity contribution in [3.8, 4) is 5.75 Å². The standard InChI is InChI=1S/C13H15BrN2O2S/c1-18-10-7-8(3-4-9(10)14)16-12(17)13(11(15)19)5-2-6-13/h3-4,7H,2,5-6H2,1H3,(H2,15,19)(H,16,17). The van der Waals surface area contributed by atoms with E-state index < -0.39 is 5.41 Å². The van der Waals surface area contributed by atoms with E-state index in [9.17, 15) is 4.79 Å². The van der Waals surface area contributed by atoms with E-state index in [1.54, 1.807) is 19.2 Å². The summed E-state index contributed by atoms with van der Waals surface area (Å²) >= 11 is 8.39. The van der Waals surface area contributed by atoms with Crippen LogP contribution < -0.4 is 15.8 Å². The molecule has 0 atom stereocenters. The summed E-state index contributed by atoms with van der Waals surface area (Å²) in [4.78, 5) is 12.6. The van der Waals surface area contributed by atoms with Gasteiger partial charge in [-0.25, -0.2) is 0 Å². The van der Waals surface area contributed by atoms with Crippen molar-refractivity contribution in [2.24, 2.45) is 11.1 Å². The van der Waals surface area contributed by atoms with Crippen LogP contribution in [0.25, 0.3) is 0 Å². The smallest absolute Gasteiger partial charge is 0.237 e. The van der Waals surface area contributed by atoms with Crippen molar-refractivity contribution in [2.45, 2.75) is 19.3 Å². The lowest BCUT2D eigenvalue weighted by Gasteiger charge is -2.39. The minimum atomic E-state index is -0.671. The molecule has 1 aliphatic rings. The Kier molecular flexibility index (Phi) is 4.10. The van der Waals surface area contributed by atoms with Gasteiger partial charge in [0.15, 0.2) is 0 Å². The molecule has 0 heterocycles. The van der Waals surface area contributed by atoms with Crippen LogP contribution >= 0.6 is 28.1 Å². The minimum Gasteiger partial charge on any atom is -0.495 e. The summed E-state index contributed by atoms with van der Waals surface area (Å²) in [5.41, 5.74) is 5.71. The molecule has 0 radical (unpaired) electrons. The van der Waals surface area contributed by atoms with Gasteiger partial charge < -0.3 is 15.8 Å². The molecule has 1 aliphatic carbocycles. The highest BCUT2D eigenvalue weighted by Gasteiger charge is 2.46. The quantitative estimate of drug-likeness (QED) is 0.825. The SMILES string of the molecule is COc1cc(NC(=O)C2(C(N)=S)CCC2)ccc1Br. The zero-order valence-electron chi connectivity index (χ0n) is 10.5. The van der Waals surface area contributed by atoms with Gasteiger partial charge in [-0.05, 0) is 40.9 Å². The minimum absolute atomic E-state index is 0.129. The Morgan fingerprint density at radius 2 is 2.21 bits per heavy atom. The topological polar surface area (TPSA) is 64.3 Å². The molecule has 0 bridgehead atoms. The van der Waals surface area contributed by atoms with Gasteiger partial charge in [-0.2, -0.15) is 0 Å². The molecule has 0 saturated heterocycles. The summed E-state index contributed by atoms with van der Waals surface area (Å²) in [5.74, 6) is 0.534. The fraction of sp³-hybridized carbons (Fsp3) is 0.385. The molecule has 0 aromatic heterocycles. The lowest BCUT2D eigenvalue weighted by atomic mass is 9.68. The predicted molar refractivity (Wildman–Crippen MR) is 82.4 cm³/mol. The van der Waals surface area contributed by atoms with E-state index in [0.29, 0.717) is 11.4 Å². The second kappa shape index (κ2) is 5.46. The summed E-state index contributed by atoms with van der Waals surface area (Å²) in [7, 11) is 1.58. The van der Waals surface area contributed by atoms with E-state index in [2.05, 4.69) is 21.2 Å². The maximum Gasteiger partial charge on any atom is 0.237 e. The van der Waals surface area contributed by atoms with Crippen LogP contribution in [0, 0.1) is 5.41 Å². The predicted octanol–water partition coefficient (Wildman–Crippen LogP) is 2.85. The molecular formula is C13H15BrN2O2S. The van der Waals surface area contributed by atoms with Gasteiger partial charge in [0.25, 0.3) is 0 Å². The maximum atomic E-state index is 12.3.